The van der Waals surface area contributed by atoms with Gasteiger partial charge in [0.15, 0.2) is 0 Å². The minimum atomic E-state index is -0.500. The van der Waals surface area contributed by atoms with E-state index in [1.165, 1.54) is 0 Å². The van der Waals surface area contributed by atoms with Gasteiger partial charge in [-0.15, -0.1) is 0 Å². The molecule has 1 heterocycles. The third kappa shape index (κ3) is 6.18. The van der Waals surface area contributed by atoms with E-state index in [1.807, 2.05) is 26.8 Å². The molecule has 0 aliphatic heterocycles. The van der Waals surface area contributed by atoms with Gasteiger partial charge >= 0.3 is 0 Å². The number of carbonyl (C=O) groups is 2. The summed E-state index contributed by atoms with van der Waals surface area (Å²) >= 11 is 0. The molecule has 0 aromatic carbocycles. The van der Waals surface area contributed by atoms with Crippen LogP contribution in [-0.2, 0) is 22.1 Å². The second-order valence-electron chi connectivity index (χ2n) is 8.67. The molecule has 0 fully saturated rings. The van der Waals surface area contributed by atoms with Crippen LogP contribution in [0.25, 0.3) is 0 Å². The molecule has 0 bridgehead atoms. The van der Waals surface area contributed by atoms with Crippen molar-refractivity contribution in [1.82, 2.24) is 14.7 Å². The van der Waals surface area contributed by atoms with Gasteiger partial charge in [0.1, 0.15) is 5.82 Å². The lowest BCUT2D eigenvalue weighted by atomic mass is 9.92. The van der Waals surface area contributed by atoms with Gasteiger partial charge in [-0.25, -0.2) is 0 Å². The van der Waals surface area contributed by atoms with E-state index in [0.717, 1.165) is 18.5 Å². The van der Waals surface area contributed by atoms with Crippen molar-refractivity contribution in [2.45, 2.75) is 66.7 Å². The molecule has 0 aliphatic rings. The molecule has 0 saturated heterocycles. The topological polar surface area (TPSA) is 67.2 Å². The highest BCUT2D eigenvalue weighted by molar-refractivity contribution is 5.94. The molecule has 0 radical (unpaired) electrons. The Morgan fingerprint density at radius 1 is 1.20 bits per heavy atom. The van der Waals surface area contributed by atoms with Crippen molar-refractivity contribution < 1.29 is 9.59 Å². The zero-order chi connectivity index (χ0) is 19.4. The van der Waals surface area contributed by atoms with Gasteiger partial charge in [-0.3, -0.25) is 14.3 Å². The number of nitrogens with zero attached hydrogens (tertiary/aromatic N) is 3. The summed E-state index contributed by atoms with van der Waals surface area (Å²) in [6.07, 6.45) is 1.86. The van der Waals surface area contributed by atoms with Gasteiger partial charge in [0.25, 0.3) is 0 Å². The number of aromatic nitrogens is 2. The van der Waals surface area contributed by atoms with Gasteiger partial charge in [0, 0.05) is 30.5 Å². The monoisotopic (exact) mass is 350 g/mol. The molecule has 0 unspecified atom stereocenters. The van der Waals surface area contributed by atoms with Crippen LogP contribution in [0.3, 0.4) is 0 Å². The standard InChI is InChI=1S/C19H34N4O2/c1-9-10-11-23(17(25)19(5,6)7)13-16(24)20-15-12-14(18(2,3)4)21-22(15)8/h12H,9-11,13H2,1-8H3,(H,20,24). The Balaban J connectivity index is 2.84. The van der Waals surface area contributed by atoms with Crippen LogP contribution in [0.15, 0.2) is 6.07 Å². The fraction of sp³-hybridized carbons (Fsp3) is 0.737. The van der Waals surface area contributed by atoms with Crippen LogP contribution in [0.5, 0.6) is 0 Å². The normalized spacial score (nSPS) is 12.2. The zero-order valence-corrected chi connectivity index (χ0v) is 17.1. The van der Waals surface area contributed by atoms with Crippen LogP contribution >= 0.6 is 0 Å². The van der Waals surface area contributed by atoms with E-state index in [4.69, 9.17) is 0 Å². The van der Waals surface area contributed by atoms with Gasteiger partial charge in [-0.2, -0.15) is 5.10 Å². The first-order chi connectivity index (χ1) is 11.4. The molecule has 1 aromatic heterocycles. The predicted octanol–water partition coefficient (Wildman–Crippen LogP) is 3.33. The molecule has 6 heteroatoms. The van der Waals surface area contributed by atoms with Crippen molar-refractivity contribution in [2.24, 2.45) is 12.5 Å². The maximum Gasteiger partial charge on any atom is 0.245 e. The first-order valence-electron chi connectivity index (χ1n) is 9.00. The summed E-state index contributed by atoms with van der Waals surface area (Å²) in [5, 5.41) is 7.34. The molecule has 0 spiro atoms. The number of amides is 2. The largest absolute Gasteiger partial charge is 0.333 e. The highest BCUT2D eigenvalue weighted by Crippen LogP contribution is 2.23. The van der Waals surface area contributed by atoms with Crippen LogP contribution in [0, 0.1) is 5.41 Å². The number of hydrogen-bond donors (Lipinski definition) is 1. The first-order valence-corrected chi connectivity index (χ1v) is 9.00. The third-order valence-corrected chi connectivity index (χ3v) is 3.96. The van der Waals surface area contributed by atoms with Crippen LogP contribution in [0.4, 0.5) is 5.82 Å². The van der Waals surface area contributed by atoms with Crippen molar-refractivity contribution in [3.8, 4) is 0 Å². The Kier molecular flexibility index (Phi) is 6.80. The SMILES string of the molecule is CCCCN(CC(=O)Nc1cc(C(C)(C)C)nn1C)C(=O)C(C)(C)C. The fourth-order valence-corrected chi connectivity index (χ4v) is 2.38. The molecule has 2 amide bonds. The van der Waals surface area contributed by atoms with Crippen LogP contribution in [-0.4, -0.2) is 39.6 Å². The quantitative estimate of drug-likeness (QED) is 0.856. The lowest BCUT2D eigenvalue weighted by Gasteiger charge is -2.29. The third-order valence-electron chi connectivity index (χ3n) is 3.96. The second-order valence-corrected chi connectivity index (χ2v) is 8.67. The Hall–Kier alpha value is -1.85. The number of carbonyl (C=O) groups excluding carboxylic acids is 2. The molecule has 1 aromatic rings. The number of rotatable bonds is 6. The molecular weight excluding hydrogens is 316 g/mol. The van der Waals surface area contributed by atoms with E-state index in [2.05, 4.69) is 38.1 Å². The van der Waals surface area contributed by atoms with Crippen molar-refractivity contribution in [2.75, 3.05) is 18.4 Å². The van der Waals surface area contributed by atoms with Crippen LogP contribution in [0.1, 0.15) is 67.0 Å². The molecular formula is C19H34N4O2. The first kappa shape index (κ1) is 21.2. The predicted molar refractivity (Wildman–Crippen MR) is 101 cm³/mol. The molecule has 6 nitrogen and oxygen atoms in total. The summed E-state index contributed by atoms with van der Waals surface area (Å²) < 4.78 is 1.67. The number of unbranched alkanes of at least 4 members (excludes halogenated alkanes) is 1. The van der Waals surface area contributed by atoms with Gasteiger partial charge in [0.05, 0.1) is 12.2 Å². The van der Waals surface area contributed by atoms with Crippen molar-refractivity contribution in [3.05, 3.63) is 11.8 Å². The Bertz CT molecular complexity index is 606. The average Bonchev–Trinajstić information content (AvgIpc) is 2.83. The summed E-state index contributed by atoms with van der Waals surface area (Å²) in [6, 6.07) is 1.89. The van der Waals surface area contributed by atoms with Crippen molar-refractivity contribution >= 4 is 17.6 Å². The second kappa shape index (κ2) is 8.02. The number of hydrogen-bond acceptors (Lipinski definition) is 3. The number of aryl methyl sites for hydroxylation is 1. The smallest absolute Gasteiger partial charge is 0.245 e. The Morgan fingerprint density at radius 2 is 1.80 bits per heavy atom. The van der Waals surface area contributed by atoms with E-state index in [0.29, 0.717) is 12.4 Å². The summed E-state index contributed by atoms with van der Waals surface area (Å²) in [5.41, 5.74) is 0.328. The minimum Gasteiger partial charge on any atom is -0.333 e. The summed E-state index contributed by atoms with van der Waals surface area (Å²) in [6.45, 7) is 14.6. The van der Waals surface area contributed by atoms with E-state index < -0.39 is 5.41 Å². The Morgan fingerprint density at radius 3 is 2.24 bits per heavy atom. The maximum atomic E-state index is 12.6. The zero-order valence-electron chi connectivity index (χ0n) is 17.1. The summed E-state index contributed by atoms with van der Waals surface area (Å²) in [5.74, 6) is 0.447. The lowest BCUT2D eigenvalue weighted by molar-refractivity contribution is -0.141. The summed E-state index contributed by atoms with van der Waals surface area (Å²) in [4.78, 5) is 26.7. The van der Waals surface area contributed by atoms with Gasteiger partial charge in [-0.05, 0) is 6.42 Å². The molecule has 0 aliphatic carbocycles. The van der Waals surface area contributed by atoms with Gasteiger partial charge in [-0.1, -0.05) is 54.9 Å². The van der Waals surface area contributed by atoms with Crippen LogP contribution in [0.2, 0.25) is 0 Å². The highest BCUT2D eigenvalue weighted by Gasteiger charge is 2.28. The number of anilines is 1. The fourth-order valence-electron chi connectivity index (χ4n) is 2.38. The average molecular weight is 351 g/mol. The highest BCUT2D eigenvalue weighted by atomic mass is 16.2. The van der Waals surface area contributed by atoms with Crippen molar-refractivity contribution in [3.63, 3.8) is 0 Å². The molecule has 25 heavy (non-hydrogen) atoms. The van der Waals surface area contributed by atoms with Crippen LogP contribution < -0.4 is 5.32 Å². The molecule has 1 N–H and O–H groups in total. The van der Waals surface area contributed by atoms with Crippen molar-refractivity contribution in [1.29, 1.82) is 0 Å². The Labute approximate surface area is 152 Å². The number of nitrogens with one attached hydrogen (secondary N) is 1. The minimum absolute atomic E-state index is 0.00325. The maximum absolute atomic E-state index is 12.6. The summed E-state index contributed by atoms with van der Waals surface area (Å²) in [7, 11) is 1.81. The van der Waals surface area contributed by atoms with E-state index in [-0.39, 0.29) is 23.8 Å². The molecule has 142 valence electrons. The van der Waals surface area contributed by atoms with E-state index in [9.17, 15) is 9.59 Å². The molecule has 0 saturated carbocycles. The molecule has 1 rings (SSSR count). The van der Waals surface area contributed by atoms with Gasteiger partial charge in [0.2, 0.25) is 11.8 Å². The molecule has 0 atom stereocenters. The lowest BCUT2D eigenvalue weighted by Crippen LogP contribution is -2.44. The van der Waals surface area contributed by atoms with E-state index >= 15 is 0 Å². The van der Waals surface area contributed by atoms with Gasteiger partial charge < -0.3 is 10.2 Å². The van der Waals surface area contributed by atoms with E-state index in [1.54, 1.807) is 16.6 Å².